The Morgan fingerprint density at radius 2 is 1.82 bits per heavy atom. The van der Waals surface area contributed by atoms with Crippen molar-refractivity contribution in [2.24, 2.45) is 0 Å². The lowest BCUT2D eigenvalue weighted by Crippen LogP contribution is -2.33. The number of aliphatic hydroxyl groups excluding tert-OH is 1. The molecule has 1 aromatic carbocycles. The highest BCUT2D eigenvalue weighted by Gasteiger charge is 2.15. The highest BCUT2D eigenvalue weighted by atomic mass is 16.3. The zero-order valence-electron chi connectivity index (χ0n) is 9.97. The first-order valence-electron chi connectivity index (χ1n) is 6.20. The molecule has 0 spiro atoms. The first-order chi connectivity index (χ1) is 8.29. The zero-order valence-corrected chi connectivity index (χ0v) is 9.97. The Morgan fingerprint density at radius 3 is 2.41 bits per heavy atom. The molecule has 1 aromatic rings. The number of hydrogen-bond donors (Lipinski definition) is 1. The molecule has 0 aromatic heterocycles. The summed E-state index contributed by atoms with van der Waals surface area (Å²) in [6.07, 6.45) is 3.34. The molecule has 0 amide bonds. The number of aliphatic hydroxyl groups is 1. The van der Waals surface area contributed by atoms with Crippen LogP contribution in [0.4, 0.5) is 0 Å². The minimum Gasteiger partial charge on any atom is -0.387 e. The Balaban J connectivity index is 1.94. The van der Waals surface area contributed by atoms with Gasteiger partial charge in [0.25, 0.3) is 0 Å². The molecular weight excluding hydrogens is 212 g/mol. The largest absolute Gasteiger partial charge is 0.387 e. The van der Waals surface area contributed by atoms with Gasteiger partial charge in [0.05, 0.1) is 17.7 Å². The second kappa shape index (κ2) is 5.81. The Kier molecular flexibility index (Phi) is 4.13. The highest BCUT2D eigenvalue weighted by molar-refractivity contribution is 5.32. The van der Waals surface area contributed by atoms with Crippen molar-refractivity contribution in [3.05, 3.63) is 35.4 Å². The number of hydrogen-bond acceptors (Lipinski definition) is 3. The zero-order chi connectivity index (χ0) is 12.1. The maximum atomic E-state index is 10.1. The summed E-state index contributed by atoms with van der Waals surface area (Å²) in [7, 11) is 0. The van der Waals surface area contributed by atoms with Gasteiger partial charge in [-0.15, -0.1) is 0 Å². The summed E-state index contributed by atoms with van der Waals surface area (Å²) < 4.78 is 0. The quantitative estimate of drug-likeness (QED) is 0.864. The highest BCUT2D eigenvalue weighted by Crippen LogP contribution is 2.17. The van der Waals surface area contributed by atoms with Crippen molar-refractivity contribution in [3.63, 3.8) is 0 Å². The predicted molar refractivity (Wildman–Crippen MR) is 66.4 cm³/mol. The molecular formula is C14H18N2O. The van der Waals surface area contributed by atoms with Gasteiger partial charge in [-0.05, 0) is 43.6 Å². The van der Waals surface area contributed by atoms with E-state index < -0.39 is 6.10 Å². The second-order valence-electron chi connectivity index (χ2n) is 4.61. The van der Waals surface area contributed by atoms with Crippen molar-refractivity contribution in [3.8, 4) is 6.07 Å². The molecule has 3 nitrogen and oxygen atoms in total. The normalized spacial score (nSPS) is 18.6. The van der Waals surface area contributed by atoms with Crippen molar-refractivity contribution >= 4 is 0 Å². The number of nitrogens with zero attached hydrogens (tertiary/aromatic N) is 2. The first kappa shape index (κ1) is 12.1. The maximum absolute atomic E-state index is 10.1. The molecule has 0 radical (unpaired) electrons. The third kappa shape index (κ3) is 3.29. The second-order valence-corrected chi connectivity index (χ2v) is 4.61. The van der Waals surface area contributed by atoms with E-state index in [1.807, 2.05) is 12.1 Å². The molecule has 0 bridgehead atoms. The molecule has 1 fully saturated rings. The van der Waals surface area contributed by atoms with Crippen LogP contribution in [0.3, 0.4) is 0 Å². The Labute approximate surface area is 102 Å². The van der Waals surface area contributed by atoms with E-state index in [9.17, 15) is 5.11 Å². The van der Waals surface area contributed by atoms with Crippen LogP contribution in [0.1, 0.15) is 36.5 Å². The van der Waals surface area contributed by atoms with Gasteiger partial charge in [0.1, 0.15) is 0 Å². The van der Waals surface area contributed by atoms with Crippen LogP contribution in [-0.4, -0.2) is 29.6 Å². The standard InChI is InChI=1S/C14H18N2O/c15-10-12-4-6-13(7-5-12)14(17)11-16-8-2-1-3-9-16/h4-7,14,17H,1-3,8-9,11H2. The van der Waals surface area contributed by atoms with E-state index in [-0.39, 0.29) is 0 Å². The molecule has 1 aliphatic heterocycles. The average Bonchev–Trinajstić information content (AvgIpc) is 2.40. The molecule has 17 heavy (non-hydrogen) atoms. The molecule has 1 atom stereocenters. The average molecular weight is 230 g/mol. The van der Waals surface area contributed by atoms with Crippen molar-refractivity contribution in [2.45, 2.75) is 25.4 Å². The third-order valence-electron chi connectivity index (χ3n) is 3.30. The SMILES string of the molecule is N#Cc1ccc(C(O)CN2CCCCC2)cc1. The number of nitriles is 1. The lowest BCUT2D eigenvalue weighted by atomic mass is 10.1. The van der Waals surface area contributed by atoms with E-state index >= 15 is 0 Å². The molecule has 1 unspecified atom stereocenters. The number of benzene rings is 1. The third-order valence-corrected chi connectivity index (χ3v) is 3.30. The Hall–Kier alpha value is -1.37. The van der Waals surface area contributed by atoms with E-state index in [2.05, 4.69) is 11.0 Å². The van der Waals surface area contributed by atoms with Gasteiger partial charge in [0.2, 0.25) is 0 Å². The van der Waals surface area contributed by atoms with E-state index in [1.54, 1.807) is 12.1 Å². The molecule has 1 N–H and O–H groups in total. The Morgan fingerprint density at radius 1 is 1.18 bits per heavy atom. The van der Waals surface area contributed by atoms with Crippen molar-refractivity contribution in [1.82, 2.24) is 4.90 Å². The maximum Gasteiger partial charge on any atom is 0.0991 e. The molecule has 3 heteroatoms. The molecule has 1 heterocycles. The van der Waals surface area contributed by atoms with Crippen molar-refractivity contribution in [1.29, 1.82) is 5.26 Å². The van der Waals surface area contributed by atoms with Crippen LogP contribution in [-0.2, 0) is 0 Å². The number of rotatable bonds is 3. The van der Waals surface area contributed by atoms with E-state index in [1.165, 1.54) is 19.3 Å². The lowest BCUT2D eigenvalue weighted by Gasteiger charge is -2.28. The van der Waals surface area contributed by atoms with Crippen molar-refractivity contribution in [2.75, 3.05) is 19.6 Å². The van der Waals surface area contributed by atoms with E-state index in [0.29, 0.717) is 12.1 Å². The van der Waals surface area contributed by atoms with Gasteiger partial charge in [0.15, 0.2) is 0 Å². The monoisotopic (exact) mass is 230 g/mol. The number of β-amino-alcohol motifs (C(OH)–C–C–N with tert-alkyl or cyclic N) is 1. The van der Waals surface area contributed by atoms with Gasteiger partial charge >= 0.3 is 0 Å². The fraction of sp³-hybridized carbons (Fsp3) is 0.500. The summed E-state index contributed by atoms with van der Waals surface area (Å²) in [5.74, 6) is 0. The minimum absolute atomic E-state index is 0.444. The molecule has 1 saturated heterocycles. The number of piperidine rings is 1. The van der Waals surface area contributed by atoms with Gasteiger partial charge in [-0.25, -0.2) is 0 Å². The molecule has 2 rings (SSSR count). The van der Waals surface area contributed by atoms with E-state index in [4.69, 9.17) is 5.26 Å². The Bertz CT molecular complexity index is 388. The molecule has 1 aliphatic rings. The summed E-state index contributed by atoms with van der Waals surface area (Å²) in [6, 6.07) is 9.28. The summed E-state index contributed by atoms with van der Waals surface area (Å²) in [6.45, 7) is 2.88. The fourth-order valence-electron chi connectivity index (χ4n) is 2.27. The molecule has 0 aliphatic carbocycles. The summed E-state index contributed by atoms with van der Waals surface area (Å²) >= 11 is 0. The smallest absolute Gasteiger partial charge is 0.0991 e. The summed E-state index contributed by atoms with van der Waals surface area (Å²) in [4.78, 5) is 2.31. The minimum atomic E-state index is -0.444. The van der Waals surface area contributed by atoms with Crippen LogP contribution in [0, 0.1) is 11.3 Å². The van der Waals surface area contributed by atoms with Crippen molar-refractivity contribution < 1.29 is 5.11 Å². The van der Waals surface area contributed by atoms with Gasteiger partial charge < -0.3 is 10.0 Å². The van der Waals surface area contributed by atoms with Gasteiger partial charge in [-0.1, -0.05) is 18.6 Å². The number of likely N-dealkylation sites (tertiary alicyclic amines) is 1. The predicted octanol–water partition coefficient (Wildman–Crippen LogP) is 2.08. The molecule has 90 valence electrons. The summed E-state index contributed by atoms with van der Waals surface area (Å²) in [5, 5.41) is 18.8. The molecule has 0 saturated carbocycles. The van der Waals surface area contributed by atoms with Crippen LogP contribution < -0.4 is 0 Å². The lowest BCUT2D eigenvalue weighted by molar-refractivity contribution is 0.101. The van der Waals surface area contributed by atoms with Gasteiger partial charge in [-0.2, -0.15) is 5.26 Å². The fourth-order valence-corrected chi connectivity index (χ4v) is 2.27. The van der Waals surface area contributed by atoms with Crippen LogP contribution >= 0.6 is 0 Å². The first-order valence-corrected chi connectivity index (χ1v) is 6.20. The van der Waals surface area contributed by atoms with E-state index in [0.717, 1.165) is 18.7 Å². The summed E-state index contributed by atoms with van der Waals surface area (Å²) in [5.41, 5.74) is 1.54. The van der Waals surface area contributed by atoms with Crippen LogP contribution in [0.5, 0.6) is 0 Å². The van der Waals surface area contributed by atoms with Crippen LogP contribution in [0.2, 0.25) is 0 Å². The van der Waals surface area contributed by atoms with Crippen LogP contribution in [0.25, 0.3) is 0 Å². The van der Waals surface area contributed by atoms with Gasteiger partial charge in [0, 0.05) is 6.54 Å². The van der Waals surface area contributed by atoms with Gasteiger partial charge in [-0.3, -0.25) is 0 Å². The van der Waals surface area contributed by atoms with Crippen LogP contribution in [0.15, 0.2) is 24.3 Å². The topological polar surface area (TPSA) is 47.3 Å².